The summed E-state index contributed by atoms with van der Waals surface area (Å²) >= 11 is 0. The van der Waals surface area contributed by atoms with Crippen molar-refractivity contribution in [2.24, 2.45) is 0 Å². The normalized spacial score (nSPS) is 7.57. The predicted octanol–water partition coefficient (Wildman–Crippen LogP) is 3.76. The molecule has 0 aromatic carbocycles. The van der Waals surface area contributed by atoms with E-state index in [0.29, 0.717) is 6.42 Å². The van der Waals surface area contributed by atoms with Crippen LogP contribution >= 0.6 is 0 Å². The van der Waals surface area contributed by atoms with E-state index in [4.69, 9.17) is 0 Å². The van der Waals surface area contributed by atoms with Gasteiger partial charge in [0.05, 0.1) is 0 Å². The Morgan fingerprint density at radius 2 is 1.50 bits per heavy atom. The second kappa shape index (κ2) is 22.9. The highest BCUT2D eigenvalue weighted by Crippen LogP contribution is 1.90. The number of rotatable bonds is 5. The van der Waals surface area contributed by atoms with Crippen molar-refractivity contribution >= 4 is 5.91 Å². The molecule has 0 atom stereocenters. The largest absolute Gasteiger partial charge is 0.356 e. The standard InChI is InChI=1S/C8H17NO.2C2H6/c1-3-5-6-7-9-8(10)4-2;2*1-2/h3-7H2,1-2H3,(H,9,10);2*1-2H3. The lowest BCUT2D eigenvalue weighted by molar-refractivity contribution is -0.120. The Labute approximate surface area is 90.5 Å². The maximum Gasteiger partial charge on any atom is 0.219 e. The first-order valence-electron chi connectivity index (χ1n) is 6.08. The van der Waals surface area contributed by atoms with E-state index < -0.39 is 0 Å². The molecule has 0 bridgehead atoms. The van der Waals surface area contributed by atoms with Crippen LogP contribution in [0.25, 0.3) is 0 Å². The van der Waals surface area contributed by atoms with Crippen LogP contribution in [0.15, 0.2) is 0 Å². The van der Waals surface area contributed by atoms with Gasteiger partial charge in [-0.1, -0.05) is 54.4 Å². The Balaban J connectivity index is -0.000000266. The van der Waals surface area contributed by atoms with Crippen LogP contribution in [0.2, 0.25) is 0 Å². The van der Waals surface area contributed by atoms with Gasteiger partial charge in [0, 0.05) is 13.0 Å². The first kappa shape index (κ1) is 19.1. The molecule has 0 radical (unpaired) electrons. The van der Waals surface area contributed by atoms with Gasteiger partial charge in [-0.2, -0.15) is 0 Å². The summed E-state index contributed by atoms with van der Waals surface area (Å²) in [5.41, 5.74) is 0. The van der Waals surface area contributed by atoms with Crippen molar-refractivity contribution in [3.8, 4) is 0 Å². The molecule has 0 unspecified atom stereocenters. The van der Waals surface area contributed by atoms with Crippen molar-refractivity contribution in [3.63, 3.8) is 0 Å². The predicted molar refractivity (Wildman–Crippen MR) is 65.5 cm³/mol. The highest BCUT2D eigenvalue weighted by Gasteiger charge is 1.92. The van der Waals surface area contributed by atoms with Gasteiger partial charge in [-0.05, 0) is 6.42 Å². The Hall–Kier alpha value is -0.530. The van der Waals surface area contributed by atoms with Gasteiger partial charge in [-0.3, -0.25) is 4.79 Å². The van der Waals surface area contributed by atoms with E-state index in [2.05, 4.69) is 12.2 Å². The summed E-state index contributed by atoms with van der Waals surface area (Å²) in [6.07, 6.45) is 4.14. The third-order valence-electron chi connectivity index (χ3n) is 1.42. The van der Waals surface area contributed by atoms with Crippen LogP contribution in [0.3, 0.4) is 0 Å². The molecule has 0 aliphatic heterocycles. The molecule has 88 valence electrons. The van der Waals surface area contributed by atoms with Crippen molar-refractivity contribution in [1.29, 1.82) is 0 Å². The van der Waals surface area contributed by atoms with Crippen molar-refractivity contribution in [2.45, 2.75) is 67.2 Å². The molecule has 1 amide bonds. The van der Waals surface area contributed by atoms with E-state index in [1.54, 1.807) is 0 Å². The molecular formula is C12H29NO. The zero-order valence-corrected chi connectivity index (χ0v) is 10.9. The van der Waals surface area contributed by atoms with Gasteiger partial charge in [-0.15, -0.1) is 0 Å². The van der Waals surface area contributed by atoms with Crippen LogP contribution in [0.1, 0.15) is 67.2 Å². The number of unbranched alkanes of at least 4 members (excludes halogenated alkanes) is 2. The summed E-state index contributed by atoms with van der Waals surface area (Å²) in [5.74, 6) is 0.163. The molecule has 14 heavy (non-hydrogen) atoms. The van der Waals surface area contributed by atoms with E-state index in [0.717, 1.165) is 13.0 Å². The Morgan fingerprint density at radius 3 is 1.86 bits per heavy atom. The smallest absolute Gasteiger partial charge is 0.219 e. The summed E-state index contributed by atoms with van der Waals surface area (Å²) in [6, 6.07) is 0. The zero-order chi connectivity index (χ0) is 11.8. The third kappa shape index (κ3) is 22.5. The molecule has 0 fully saturated rings. The number of hydrogen-bond donors (Lipinski definition) is 1. The van der Waals surface area contributed by atoms with Crippen molar-refractivity contribution < 1.29 is 4.79 Å². The Morgan fingerprint density at radius 1 is 1.00 bits per heavy atom. The third-order valence-corrected chi connectivity index (χ3v) is 1.42. The van der Waals surface area contributed by atoms with Crippen LogP contribution in [0, 0.1) is 0 Å². The van der Waals surface area contributed by atoms with Gasteiger partial charge >= 0.3 is 0 Å². The fourth-order valence-electron chi connectivity index (χ4n) is 0.728. The monoisotopic (exact) mass is 203 g/mol. The van der Waals surface area contributed by atoms with Crippen molar-refractivity contribution in [3.05, 3.63) is 0 Å². The number of amides is 1. The summed E-state index contributed by atoms with van der Waals surface area (Å²) in [7, 11) is 0. The molecule has 0 aromatic heterocycles. The first-order chi connectivity index (χ1) is 6.81. The van der Waals surface area contributed by atoms with Gasteiger partial charge < -0.3 is 5.32 Å². The lowest BCUT2D eigenvalue weighted by Gasteiger charge is -2.00. The Kier molecular flexibility index (Phi) is 31.2. The Bertz CT molecular complexity index is 92.3. The number of carbonyl (C=O) groups is 1. The fraction of sp³-hybridized carbons (Fsp3) is 0.917. The van der Waals surface area contributed by atoms with E-state index in [9.17, 15) is 4.79 Å². The minimum atomic E-state index is 0.163. The number of carbonyl (C=O) groups excluding carboxylic acids is 1. The molecule has 2 nitrogen and oxygen atoms in total. The topological polar surface area (TPSA) is 29.1 Å². The van der Waals surface area contributed by atoms with E-state index in [1.807, 2.05) is 34.6 Å². The molecule has 1 N–H and O–H groups in total. The highest BCUT2D eigenvalue weighted by molar-refractivity contribution is 5.75. The molecular weight excluding hydrogens is 174 g/mol. The van der Waals surface area contributed by atoms with E-state index in [1.165, 1.54) is 12.8 Å². The summed E-state index contributed by atoms with van der Waals surface area (Å²) in [6.45, 7) is 12.9. The molecule has 0 aliphatic carbocycles. The maximum atomic E-state index is 10.7. The molecule has 0 heterocycles. The molecule has 0 spiro atoms. The fourth-order valence-corrected chi connectivity index (χ4v) is 0.728. The summed E-state index contributed by atoms with van der Waals surface area (Å²) in [5, 5.41) is 2.83. The minimum absolute atomic E-state index is 0.163. The van der Waals surface area contributed by atoms with Gasteiger partial charge in [0.2, 0.25) is 5.91 Å². The zero-order valence-electron chi connectivity index (χ0n) is 10.9. The van der Waals surface area contributed by atoms with Gasteiger partial charge in [-0.25, -0.2) is 0 Å². The van der Waals surface area contributed by atoms with Gasteiger partial charge in [0.1, 0.15) is 0 Å². The summed E-state index contributed by atoms with van der Waals surface area (Å²) in [4.78, 5) is 10.7. The molecule has 0 aliphatic rings. The minimum Gasteiger partial charge on any atom is -0.356 e. The van der Waals surface area contributed by atoms with Crippen LogP contribution in [0.5, 0.6) is 0 Å². The summed E-state index contributed by atoms with van der Waals surface area (Å²) < 4.78 is 0. The molecule has 0 aromatic rings. The molecule has 0 saturated heterocycles. The van der Waals surface area contributed by atoms with Crippen LogP contribution in [0.4, 0.5) is 0 Å². The SMILES string of the molecule is CC.CC.CCCCCNC(=O)CC. The number of nitrogens with one attached hydrogen (secondary N) is 1. The molecule has 0 rings (SSSR count). The molecule has 2 heteroatoms. The van der Waals surface area contributed by atoms with Crippen LogP contribution < -0.4 is 5.32 Å². The van der Waals surface area contributed by atoms with Gasteiger partial charge in [0.25, 0.3) is 0 Å². The van der Waals surface area contributed by atoms with Crippen molar-refractivity contribution in [1.82, 2.24) is 5.32 Å². The number of hydrogen-bond acceptors (Lipinski definition) is 1. The lowest BCUT2D eigenvalue weighted by atomic mass is 10.2. The van der Waals surface area contributed by atoms with Crippen LogP contribution in [-0.4, -0.2) is 12.5 Å². The van der Waals surface area contributed by atoms with Crippen LogP contribution in [-0.2, 0) is 4.79 Å². The first-order valence-corrected chi connectivity index (χ1v) is 6.08. The average molecular weight is 203 g/mol. The van der Waals surface area contributed by atoms with E-state index >= 15 is 0 Å². The lowest BCUT2D eigenvalue weighted by Crippen LogP contribution is -2.22. The van der Waals surface area contributed by atoms with Crippen molar-refractivity contribution in [2.75, 3.05) is 6.54 Å². The molecule has 0 saturated carbocycles. The van der Waals surface area contributed by atoms with Gasteiger partial charge in [0.15, 0.2) is 0 Å². The highest BCUT2D eigenvalue weighted by atomic mass is 16.1. The quantitative estimate of drug-likeness (QED) is 0.677. The maximum absolute atomic E-state index is 10.7. The second-order valence-corrected chi connectivity index (χ2v) is 2.41. The average Bonchev–Trinajstić information content (AvgIpc) is 2.29. The van der Waals surface area contributed by atoms with E-state index in [-0.39, 0.29) is 5.91 Å². The second-order valence-electron chi connectivity index (χ2n) is 2.41.